The van der Waals surface area contributed by atoms with Crippen LogP contribution >= 0.6 is 11.8 Å². The number of carbonyl (C=O) groups is 1. The van der Waals surface area contributed by atoms with Crippen molar-refractivity contribution in [3.63, 3.8) is 0 Å². The number of benzene rings is 2. The van der Waals surface area contributed by atoms with Gasteiger partial charge in [0.15, 0.2) is 11.3 Å². The van der Waals surface area contributed by atoms with Gasteiger partial charge in [-0.05, 0) is 31.9 Å². The van der Waals surface area contributed by atoms with Crippen LogP contribution in [0.1, 0.15) is 42.6 Å². The molecule has 0 saturated carbocycles. The molecule has 0 bridgehead atoms. The van der Waals surface area contributed by atoms with Crippen LogP contribution in [0.5, 0.6) is 0 Å². The Bertz CT molecular complexity index is 1080. The van der Waals surface area contributed by atoms with Crippen LogP contribution in [-0.2, 0) is 4.79 Å². The number of rotatable bonds is 4. The molecule has 1 atom stereocenters. The SMILES string of the molecule is CCCCSC1=NN2C(=c3ccccc3=N[C@@H]2c2cc(C)ccc2C)C(=O)N1. The van der Waals surface area contributed by atoms with Crippen molar-refractivity contribution in [3.8, 4) is 0 Å². The number of hydrazone groups is 1. The summed E-state index contributed by atoms with van der Waals surface area (Å²) in [4.78, 5) is 18.0. The zero-order valence-electron chi connectivity index (χ0n) is 16.4. The maximum absolute atomic E-state index is 13.0. The molecule has 0 saturated heterocycles. The first kappa shape index (κ1) is 18.7. The van der Waals surface area contributed by atoms with E-state index in [1.165, 1.54) is 5.56 Å². The molecule has 6 heteroatoms. The molecule has 2 aliphatic rings. The minimum absolute atomic E-state index is 0.119. The van der Waals surface area contributed by atoms with Crippen LogP contribution < -0.4 is 15.9 Å². The lowest BCUT2D eigenvalue weighted by Crippen LogP contribution is -2.50. The summed E-state index contributed by atoms with van der Waals surface area (Å²) in [5.74, 6) is 0.812. The van der Waals surface area contributed by atoms with Crippen molar-refractivity contribution >= 4 is 28.5 Å². The van der Waals surface area contributed by atoms with E-state index in [4.69, 9.17) is 10.1 Å². The number of fused-ring (bicyclic) bond motifs is 2. The van der Waals surface area contributed by atoms with Gasteiger partial charge in [-0.1, -0.05) is 67.1 Å². The molecule has 2 heterocycles. The molecule has 144 valence electrons. The fraction of sp³-hybridized carbons (Fsp3) is 0.318. The molecule has 5 nitrogen and oxygen atoms in total. The topological polar surface area (TPSA) is 57.1 Å². The van der Waals surface area contributed by atoms with Gasteiger partial charge in [0.25, 0.3) is 5.91 Å². The smallest absolute Gasteiger partial charge is 0.276 e. The van der Waals surface area contributed by atoms with Crippen LogP contribution in [0.4, 0.5) is 0 Å². The molecule has 2 aromatic carbocycles. The summed E-state index contributed by atoms with van der Waals surface area (Å²) in [5.41, 5.74) is 3.94. The normalized spacial score (nSPS) is 18.0. The Morgan fingerprint density at radius 1 is 1.18 bits per heavy atom. The van der Waals surface area contributed by atoms with E-state index in [-0.39, 0.29) is 12.1 Å². The first-order valence-corrected chi connectivity index (χ1v) is 10.6. The highest BCUT2D eigenvalue weighted by Crippen LogP contribution is 2.32. The molecular formula is C22H24N4OS. The van der Waals surface area contributed by atoms with Crippen molar-refractivity contribution in [1.29, 1.82) is 0 Å². The fourth-order valence-corrected chi connectivity index (χ4v) is 4.38. The van der Waals surface area contributed by atoms with E-state index in [0.717, 1.165) is 40.3 Å². The second-order valence-corrected chi connectivity index (χ2v) is 8.22. The predicted octanol–water partition coefficient (Wildman–Crippen LogP) is 2.98. The van der Waals surface area contributed by atoms with E-state index in [2.05, 4.69) is 44.3 Å². The summed E-state index contributed by atoms with van der Waals surface area (Å²) in [6.07, 6.45) is 1.85. The Kier molecular flexibility index (Phi) is 5.22. The van der Waals surface area contributed by atoms with E-state index >= 15 is 0 Å². The average molecular weight is 393 g/mol. The predicted molar refractivity (Wildman–Crippen MR) is 114 cm³/mol. The Balaban J connectivity index is 1.87. The highest BCUT2D eigenvalue weighted by Gasteiger charge is 2.34. The van der Waals surface area contributed by atoms with Gasteiger partial charge in [-0.25, -0.2) is 5.01 Å². The number of aryl methyl sites for hydroxylation is 2. The lowest BCUT2D eigenvalue weighted by molar-refractivity contribution is -0.116. The number of amidine groups is 1. The van der Waals surface area contributed by atoms with E-state index < -0.39 is 0 Å². The minimum atomic E-state index is -0.349. The summed E-state index contributed by atoms with van der Waals surface area (Å²) in [7, 11) is 0. The second-order valence-electron chi connectivity index (χ2n) is 7.13. The zero-order chi connectivity index (χ0) is 19.7. The van der Waals surface area contributed by atoms with Crippen molar-refractivity contribution in [3.05, 3.63) is 69.7 Å². The molecule has 0 radical (unpaired) electrons. The molecule has 0 spiro atoms. The molecule has 0 unspecified atom stereocenters. The third-order valence-corrected chi connectivity index (χ3v) is 5.91. The van der Waals surface area contributed by atoms with Crippen LogP contribution in [0.3, 0.4) is 0 Å². The molecule has 0 aliphatic carbocycles. The quantitative estimate of drug-likeness (QED) is 0.814. The first-order chi connectivity index (χ1) is 13.6. The van der Waals surface area contributed by atoms with Gasteiger partial charge in [0.05, 0.1) is 5.36 Å². The van der Waals surface area contributed by atoms with Gasteiger partial charge >= 0.3 is 0 Å². The maximum Gasteiger partial charge on any atom is 0.276 e. The van der Waals surface area contributed by atoms with Gasteiger partial charge in [0.1, 0.15) is 5.70 Å². The largest absolute Gasteiger partial charge is 0.298 e. The van der Waals surface area contributed by atoms with E-state index in [0.29, 0.717) is 10.9 Å². The Hall–Kier alpha value is -2.60. The van der Waals surface area contributed by atoms with Crippen LogP contribution in [0, 0.1) is 13.8 Å². The number of amides is 1. The number of carbonyl (C=O) groups excluding carboxylic acids is 1. The molecule has 28 heavy (non-hydrogen) atoms. The number of para-hydroxylation sites is 1. The minimum Gasteiger partial charge on any atom is -0.298 e. The Morgan fingerprint density at radius 2 is 2.00 bits per heavy atom. The first-order valence-electron chi connectivity index (χ1n) is 9.65. The summed E-state index contributed by atoms with van der Waals surface area (Å²) in [6.45, 7) is 6.31. The summed E-state index contributed by atoms with van der Waals surface area (Å²) in [6, 6.07) is 14.1. The number of thioether (sulfide) groups is 1. The highest BCUT2D eigenvalue weighted by molar-refractivity contribution is 8.13. The summed E-state index contributed by atoms with van der Waals surface area (Å²) in [5, 5.41) is 11.9. The average Bonchev–Trinajstić information content (AvgIpc) is 2.69. The summed E-state index contributed by atoms with van der Waals surface area (Å²) < 4.78 is 0. The third kappa shape index (κ3) is 3.44. The van der Waals surface area contributed by atoms with Crippen molar-refractivity contribution < 1.29 is 4.79 Å². The number of nitrogens with zero attached hydrogens (tertiary/aromatic N) is 3. The fourth-order valence-electron chi connectivity index (χ4n) is 3.45. The van der Waals surface area contributed by atoms with Crippen LogP contribution in [-0.4, -0.2) is 21.8 Å². The lowest BCUT2D eigenvalue weighted by atomic mass is 10.0. The number of hydrogen-bond acceptors (Lipinski definition) is 5. The van der Waals surface area contributed by atoms with Crippen LogP contribution in [0.15, 0.2) is 52.6 Å². The Morgan fingerprint density at radius 3 is 2.82 bits per heavy atom. The van der Waals surface area contributed by atoms with E-state index in [1.54, 1.807) is 16.8 Å². The molecule has 0 aromatic heterocycles. The number of hydrogen-bond donors (Lipinski definition) is 1. The molecule has 1 N–H and O–H groups in total. The van der Waals surface area contributed by atoms with Crippen molar-refractivity contribution in [2.75, 3.05) is 5.75 Å². The number of unbranched alkanes of at least 4 members (excludes halogenated alkanes) is 1. The second kappa shape index (κ2) is 7.80. The number of nitrogens with one attached hydrogen (secondary N) is 1. The van der Waals surface area contributed by atoms with Crippen LogP contribution in [0.2, 0.25) is 0 Å². The van der Waals surface area contributed by atoms with E-state index in [9.17, 15) is 4.79 Å². The molecule has 4 rings (SSSR count). The lowest BCUT2D eigenvalue weighted by Gasteiger charge is -2.34. The van der Waals surface area contributed by atoms with Gasteiger partial charge < -0.3 is 0 Å². The molecular weight excluding hydrogens is 368 g/mol. The maximum atomic E-state index is 13.0. The van der Waals surface area contributed by atoms with E-state index in [1.807, 2.05) is 24.3 Å². The van der Waals surface area contributed by atoms with Gasteiger partial charge in [-0.3, -0.25) is 15.1 Å². The van der Waals surface area contributed by atoms with Crippen molar-refractivity contribution in [1.82, 2.24) is 10.3 Å². The Labute approximate surface area is 169 Å². The van der Waals surface area contributed by atoms with Gasteiger partial charge in [0, 0.05) is 16.5 Å². The standard InChI is InChI=1S/C22H24N4OS/c1-4-5-12-28-22-24-21(27)19-16-8-6-7-9-18(16)23-20(26(19)25-22)17-13-14(2)10-11-15(17)3/h6-11,13,20H,4-5,12H2,1-3H3,(H,24,25,27)/t20-/m0/s1. The molecule has 2 aromatic rings. The highest BCUT2D eigenvalue weighted by atomic mass is 32.2. The molecule has 2 aliphatic heterocycles. The van der Waals surface area contributed by atoms with Crippen molar-refractivity contribution in [2.45, 2.75) is 39.8 Å². The zero-order valence-corrected chi connectivity index (χ0v) is 17.2. The van der Waals surface area contributed by atoms with Crippen molar-refractivity contribution in [2.24, 2.45) is 10.1 Å². The monoisotopic (exact) mass is 392 g/mol. The van der Waals surface area contributed by atoms with Gasteiger partial charge in [-0.15, -0.1) is 5.10 Å². The summed E-state index contributed by atoms with van der Waals surface area (Å²) >= 11 is 1.59. The van der Waals surface area contributed by atoms with Gasteiger partial charge in [-0.2, -0.15) is 0 Å². The van der Waals surface area contributed by atoms with Crippen LogP contribution in [0.25, 0.3) is 5.70 Å². The molecule has 1 amide bonds. The molecule has 0 fully saturated rings. The van der Waals surface area contributed by atoms with Gasteiger partial charge in [0.2, 0.25) is 0 Å². The third-order valence-electron chi connectivity index (χ3n) is 4.96.